The van der Waals surface area contributed by atoms with Gasteiger partial charge in [0.2, 0.25) is 0 Å². The van der Waals surface area contributed by atoms with E-state index in [2.05, 4.69) is 51.7 Å². The number of alkyl halides is 1. The van der Waals surface area contributed by atoms with Crippen molar-refractivity contribution in [3.8, 4) is 17.3 Å². The third-order valence-corrected chi connectivity index (χ3v) is 6.51. The van der Waals surface area contributed by atoms with E-state index in [4.69, 9.17) is 4.98 Å². The number of nitrogens with one attached hydrogen (secondary N) is 1. The summed E-state index contributed by atoms with van der Waals surface area (Å²) in [4.78, 5) is 15.8. The number of aromatic nitrogens is 3. The van der Waals surface area contributed by atoms with E-state index >= 15 is 0 Å². The van der Waals surface area contributed by atoms with Crippen molar-refractivity contribution in [2.45, 2.75) is 31.4 Å². The summed E-state index contributed by atoms with van der Waals surface area (Å²) in [5, 5.41) is 14.6. The van der Waals surface area contributed by atoms with Crippen molar-refractivity contribution in [2.75, 3.05) is 23.3 Å². The molecule has 2 fully saturated rings. The summed E-state index contributed by atoms with van der Waals surface area (Å²) in [5.41, 5.74) is 3.64. The van der Waals surface area contributed by atoms with Gasteiger partial charge in [-0.1, -0.05) is 12.1 Å². The number of pyridine rings is 3. The summed E-state index contributed by atoms with van der Waals surface area (Å²) < 4.78 is 13.9. The fraction of sp³-hybridized carbons (Fsp3) is 0.259. The molecule has 1 unspecified atom stereocenters. The van der Waals surface area contributed by atoms with Gasteiger partial charge in [0, 0.05) is 29.9 Å². The van der Waals surface area contributed by atoms with Crippen LogP contribution in [0, 0.1) is 11.3 Å². The quantitative estimate of drug-likeness (QED) is 0.418. The van der Waals surface area contributed by atoms with Gasteiger partial charge in [-0.3, -0.25) is 0 Å². The molecule has 6 nitrogen and oxygen atoms in total. The SMILES string of the molecule is N#Cc1ccnc(Nc2cc(C3CC3)cc(-c3ccc4ccnc(N5CCC(F)C5)c4c3)n2)c1. The Hall–Kier alpha value is -4.05. The fourth-order valence-electron chi connectivity index (χ4n) is 4.59. The second-order valence-corrected chi connectivity index (χ2v) is 9.01. The molecule has 168 valence electrons. The van der Waals surface area contributed by atoms with Crippen molar-refractivity contribution < 1.29 is 4.39 Å². The van der Waals surface area contributed by atoms with Crippen molar-refractivity contribution in [3.63, 3.8) is 0 Å². The van der Waals surface area contributed by atoms with Crippen molar-refractivity contribution >= 4 is 28.2 Å². The first-order valence-electron chi connectivity index (χ1n) is 11.6. The van der Waals surface area contributed by atoms with Crippen molar-refractivity contribution in [2.24, 2.45) is 0 Å². The monoisotopic (exact) mass is 450 g/mol. The van der Waals surface area contributed by atoms with Crippen molar-refractivity contribution in [3.05, 3.63) is 72.1 Å². The zero-order chi connectivity index (χ0) is 23.1. The molecular weight excluding hydrogens is 427 g/mol. The molecular formula is C27H23FN6. The largest absolute Gasteiger partial charge is 0.353 e. The van der Waals surface area contributed by atoms with Crippen LogP contribution in [0.15, 0.2) is 60.9 Å². The molecule has 1 aromatic carbocycles. The highest BCUT2D eigenvalue weighted by atomic mass is 19.1. The highest BCUT2D eigenvalue weighted by Crippen LogP contribution is 2.42. The molecule has 0 bridgehead atoms. The van der Waals surface area contributed by atoms with E-state index in [-0.39, 0.29) is 0 Å². The Balaban J connectivity index is 1.41. The third kappa shape index (κ3) is 4.03. The Morgan fingerprint density at radius 2 is 1.85 bits per heavy atom. The molecule has 4 heterocycles. The lowest BCUT2D eigenvalue weighted by Crippen LogP contribution is -2.21. The molecule has 1 aliphatic carbocycles. The van der Waals surface area contributed by atoms with Gasteiger partial charge in [0.05, 0.1) is 23.9 Å². The first-order chi connectivity index (χ1) is 16.7. The van der Waals surface area contributed by atoms with E-state index in [0.717, 1.165) is 27.8 Å². The maximum atomic E-state index is 13.9. The summed E-state index contributed by atoms with van der Waals surface area (Å²) in [6, 6.07) is 18.0. The van der Waals surface area contributed by atoms with E-state index in [9.17, 15) is 9.65 Å². The second kappa shape index (κ2) is 8.38. The minimum atomic E-state index is -0.807. The predicted octanol–water partition coefficient (Wildman–Crippen LogP) is 5.73. The number of hydrogen-bond donors (Lipinski definition) is 1. The Morgan fingerprint density at radius 1 is 0.971 bits per heavy atom. The van der Waals surface area contributed by atoms with Crippen LogP contribution in [0.25, 0.3) is 22.0 Å². The summed E-state index contributed by atoms with van der Waals surface area (Å²) in [5.74, 6) is 2.66. The molecule has 4 aromatic rings. The Kier molecular flexibility index (Phi) is 5.06. The molecule has 6 rings (SSSR count). The molecule has 0 radical (unpaired) electrons. The van der Waals surface area contributed by atoms with E-state index in [0.29, 0.717) is 42.6 Å². The summed E-state index contributed by atoms with van der Waals surface area (Å²) in [6.45, 7) is 1.06. The van der Waals surface area contributed by atoms with E-state index in [1.807, 2.05) is 11.0 Å². The highest BCUT2D eigenvalue weighted by Gasteiger charge is 2.26. The second-order valence-electron chi connectivity index (χ2n) is 9.01. The minimum absolute atomic E-state index is 0.384. The lowest BCUT2D eigenvalue weighted by Gasteiger charge is -2.19. The molecule has 3 aromatic heterocycles. The van der Waals surface area contributed by atoms with Crippen LogP contribution in [0.1, 0.15) is 36.3 Å². The average Bonchev–Trinajstić information content (AvgIpc) is 3.64. The normalized spacial score (nSPS) is 17.6. The summed E-state index contributed by atoms with van der Waals surface area (Å²) in [6.07, 6.45) is 5.49. The molecule has 1 atom stereocenters. The van der Waals surface area contributed by atoms with Crippen LogP contribution in [0.4, 0.5) is 21.8 Å². The van der Waals surface area contributed by atoms with Gasteiger partial charge in [-0.25, -0.2) is 19.3 Å². The highest BCUT2D eigenvalue weighted by molar-refractivity contribution is 5.95. The number of hydrogen-bond acceptors (Lipinski definition) is 6. The molecule has 0 spiro atoms. The molecule has 0 amide bonds. The van der Waals surface area contributed by atoms with Crippen LogP contribution in [-0.4, -0.2) is 34.2 Å². The molecule has 7 heteroatoms. The third-order valence-electron chi connectivity index (χ3n) is 6.51. The van der Waals surface area contributed by atoms with E-state index in [1.165, 1.54) is 18.4 Å². The number of halogens is 1. The number of rotatable bonds is 5. The maximum absolute atomic E-state index is 13.9. The zero-order valence-corrected chi connectivity index (χ0v) is 18.6. The summed E-state index contributed by atoms with van der Waals surface area (Å²) >= 11 is 0. The molecule has 34 heavy (non-hydrogen) atoms. The number of benzene rings is 1. The predicted molar refractivity (Wildman–Crippen MR) is 131 cm³/mol. The number of fused-ring (bicyclic) bond motifs is 1. The van der Waals surface area contributed by atoms with Crippen LogP contribution in [-0.2, 0) is 0 Å². The van der Waals surface area contributed by atoms with Crippen LogP contribution in [0.3, 0.4) is 0 Å². The van der Waals surface area contributed by atoms with Gasteiger partial charge < -0.3 is 10.2 Å². The van der Waals surface area contributed by atoms with Crippen LogP contribution in [0.2, 0.25) is 0 Å². The van der Waals surface area contributed by atoms with Gasteiger partial charge >= 0.3 is 0 Å². The van der Waals surface area contributed by atoms with Gasteiger partial charge in [0.1, 0.15) is 23.6 Å². The van der Waals surface area contributed by atoms with E-state index < -0.39 is 6.17 Å². The number of anilines is 3. The van der Waals surface area contributed by atoms with Crippen molar-refractivity contribution in [1.82, 2.24) is 15.0 Å². The standard InChI is InChI=1S/C27H23FN6/c28-22-7-10-34(16-22)27-23-12-20(4-3-19(23)6-9-31-27)24-13-21(18-1-2-18)14-26(32-24)33-25-11-17(15-29)5-8-30-25/h3-6,8-9,11-14,18,22H,1-2,7,10,16H2,(H,30,32,33). The molecule has 1 aliphatic heterocycles. The van der Waals surface area contributed by atoms with Gasteiger partial charge in [0.25, 0.3) is 0 Å². The van der Waals surface area contributed by atoms with Gasteiger partial charge in [0.15, 0.2) is 0 Å². The average molecular weight is 451 g/mol. The first kappa shape index (κ1) is 20.5. The smallest absolute Gasteiger partial charge is 0.136 e. The number of nitriles is 1. The first-order valence-corrected chi connectivity index (χ1v) is 11.6. The molecule has 2 aliphatic rings. The fourth-order valence-corrected chi connectivity index (χ4v) is 4.59. The topological polar surface area (TPSA) is 77.7 Å². The number of nitrogens with zero attached hydrogens (tertiary/aromatic N) is 5. The van der Waals surface area contributed by atoms with Gasteiger partial charge in [-0.15, -0.1) is 0 Å². The summed E-state index contributed by atoms with van der Waals surface area (Å²) in [7, 11) is 0. The van der Waals surface area contributed by atoms with Crippen LogP contribution >= 0.6 is 0 Å². The van der Waals surface area contributed by atoms with Crippen molar-refractivity contribution in [1.29, 1.82) is 5.26 Å². The minimum Gasteiger partial charge on any atom is -0.353 e. The Labute approximate surface area is 197 Å². The lowest BCUT2D eigenvalue weighted by molar-refractivity contribution is 0.364. The lowest BCUT2D eigenvalue weighted by atomic mass is 10.0. The molecule has 1 saturated heterocycles. The van der Waals surface area contributed by atoms with E-state index in [1.54, 1.807) is 24.5 Å². The van der Waals surface area contributed by atoms with Gasteiger partial charge in [-0.2, -0.15) is 5.26 Å². The Bertz CT molecular complexity index is 1420. The Morgan fingerprint density at radius 3 is 2.65 bits per heavy atom. The molecule has 1 saturated carbocycles. The zero-order valence-electron chi connectivity index (χ0n) is 18.6. The molecule has 1 N–H and O–H groups in total. The van der Waals surface area contributed by atoms with Crippen LogP contribution < -0.4 is 10.2 Å². The maximum Gasteiger partial charge on any atom is 0.136 e. The van der Waals surface area contributed by atoms with Gasteiger partial charge in [-0.05, 0) is 72.5 Å². The van der Waals surface area contributed by atoms with Crippen LogP contribution in [0.5, 0.6) is 0 Å².